The lowest BCUT2D eigenvalue weighted by Gasteiger charge is -2.10. The Morgan fingerprint density at radius 3 is 2.35 bits per heavy atom. The van der Waals surface area contributed by atoms with Crippen LogP contribution in [0.1, 0.15) is 5.69 Å². The Hall–Kier alpha value is -2.84. The van der Waals surface area contributed by atoms with Gasteiger partial charge in [0.2, 0.25) is 0 Å². The molecule has 136 valence electrons. The van der Waals surface area contributed by atoms with E-state index >= 15 is 0 Å². The van der Waals surface area contributed by atoms with E-state index < -0.39 is 16.0 Å². The third-order valence-corrected chi connectivity index (χ3v) is 4.69. The zero-order valence-corrected chi connectivity index (χ0v) is 15.2. The third kappa shape index (κ3) is 3.56. The predicted octanol–water partition coefficient (Wildman–Crippen LogP) is 2.41. The van der Waals surface area contributed by atoms with Crippen molar-refractivity contribution in [2.24, 2.45) is 7.05 Å². The summed E-state index contributed by atoms with van der Waals surface area (Å²) in [5.41, 5.74) is 2.94. The second-order valence-electron chi connectivity index (χ2n) is 5.92. The van der Waals surface area contributed by atoms with Gasteiger partial charge in [-0.2, -0.15) is 8.42 Å². The average molecular weight is 373 g/mol. The van der Waals surface area contributed by atoms with Crippen LogP contribution in [-0.2, 0) is 17.2 Å². The van der Waals surface area contributed by atoms with E-state index in [9.17, 15) is 13.2 Å². The van der Waals surface area contributed by atoms with Crippen molar-refractivity contribution in [2.75, 3.05) is 11.2 Å². The molecule has 0 saturated carbocycles. The summed E-state index contributed by atoms with van der Waals surface area (Å²) in [6.07, 6.45) is 0. The summed E-state index contributed by atoms with van der Waals surface area (Å²) in [5, 5.41) is 2.51. The molecule has 3 aromatic rings. The van der Waals surface area contributed by atoms with Crippen molar-refractivity contribution in [2.45, 2.75) is 6.92 Å². The second kappa shape index (κ2) is 6.81. The Morgan fingerprint density at radius 1 is 1.04 bits per heavy atom. The number of aromatic nitrogens is 2. The first kappa shape index (κ1) is 18.0. The molecule has 0 aliphatic rings. The number of benzene rings is 2. The van der Waals surface area contributed by atoms with Crippen LogP contribution in [0.3, 0.4) is 0 Å². The SMILES string of the molecule is Cc1c(NCS(=O)(=O)O)c(=O)n(-c2cccc(-c3ccccc3)c2)n1C. The van der Waals surface area contributed by atoms with Gasteiger partial charge in [0.05, 0.1) is 11.4 Å². The van der Waals surface area contributed by atoms with E-state index in [1.165, 1.54) is 4.68 Å². The Bertz CT molecular complexity index is 1100. The molecule has 0 atom stereocenters. The van der Waals surface area contributed by atoms with Crippen LogP contribution < -0.4 is 10.9 Å². The van der Waals surface area contributed by atoms with Gasteiger partial charge in [-0.1, -0.05) is 42.5 Å². The molecule has 8 heteroatoms. The lowest BCUT2D eigenvalue weighted by Crippen LogP contribution is -2.22. The molecule has 2 N–H and O–H groups in total. The van der Waals surface area contributed by atoms with Gasteiger partial charge in [-0.05, 0) is 30.2 Å². The van der Waals surface area contributed by atoms with Crippen molar-refractivity contribution in [3.63, 3.8) is 0 Å². The molecule has 0 unspecified atom stereocenters. The van der Waals surface area contributed by atoms with Crippen LogP contribution >= 0.6 is 0 Å². The highest BCUT2D eigenvalue weighted by molar-refractivity contribution is 7.85. The first-order valence-corrected chi connectivity index (χ1v) is 9.52. The van der Waals surface area contributed by atoms with Crippen LogP contribution in [0.2, 0.25) is 0 Å². The smallest absolute Gasteiger partial charge is 0.295 e. The van der Waals surface area contributed by atoms with E-state index in [0.717, 1.165) is 11.1 Å². The van der Waals surface area contributed by atoms with Gasteiger partial charge in [-0.25, -0.2) is 4.68 Å². The Kier molecular flexibility index (Phi) is 4.71. The normalized spacial score (nSPS) is 11.5. The van der Waals surface area contributed by atoms with Gasteiger partial charge in [0.25, 0.3) is 15.7 Å². The zero-order chi connectivity index (χ0) is 18.9. The van der Waals surface area contributed by atoms with Crippen molar-refractivity contribution in [1.29, 1.82) is 0 Å². The quantitative estimate of drug-likeness (QED) is 0.670. The molecular formula is C18H19N3O4S. The summed E-state index contributed by atoms with van der Waals surface area (Å²) < 4.78 is 33.9. The second-order valence-corrected chi connectivity index (χ2v) is 7.37. The van der Waals surface area contributed by atoms with Crippen LogP contribution in [0.25, 0.3) is 16.8 Å². The van der Waals surface area contributed by atoms with Crippen molar-refractivity contribution in [3.8, 4) is 16.8 Å². The van der Waals surface area contributed by atoms with Crippen LogP contribution in [0.5, 0.6) is 0 Å². The van der Waals surface area contributed by atoms with Crippen molar-refractivity contribution < 1.29 is 13.0 Å². The first-order valence-electron chi connectivity index (χ1n) is 7.91. The summed E-state index contributed by atoms with van der Waals surface area (Å²) in [6, 6.07) is 17.3. The summed E-state index contributed by atoms with van der Waals surface area (Å²) in [7, 11) is -2.52. The standard InChI is InChI=1S/C18H19N3O4S/c1-13-17(19-12-26(23,24)25)18(22)21(20(13)2)16-10-6-9-15(11-16)14-7-4-3-5-8-14/h3-11,19H,12H2,1-2H3,(H,23,24,25). The minimum atomic E-state index is -4.24. The summed E-state index contributed by atoms with van der Waals surface area (Å²) in [4.78, 5) is 12.8. The highest BCUT2D eigenvalue weighted by atomic mass is 32.2. The largest absolute Gasteiger partial charge is 0.364 e. The van der Waals surface area contributed by atoms with Crippen molar-refractivity contribution in [1.82, 2.24) is 9.36 Å². The lowest BCUT2D eigenvalue weighted by molar-refractivity contribution is 0.485. The molecule has 1 aromatic heterocycles. The van der Waals surface area contributed by atoms with E-state index in [2.05, 4.69) is 5.32 Å². The molecule has 1 heterocycles. The summed E-state index contributed by atoms with van der Waals surface area (Å²) >= 11 is 0. The fourth-order valence-corrected chi connectivity index (χ4v) is 3.14. The zero-order valence-electron chi connectivity index (χ0n) is 14.4. The molecular weight excluding hydrogens is 354 g/mol. The number of anilines is 1. The maximum Gasteiger partial charge on any atom is 0.295 e. The lowest BCUT2D eigenvalue weighted by atomic mass is 10.1. The predicted molar refractivity (Wildman–Crippen MR) is 101 cm³/mol. The van der Waals surface area contributed by atoms with Gasteiger partial charge >= 0.3 is 0 Å². The molecule has 26 heavy (non-hydrogen) atoms. The molecule has 0 spiro atoms. The van der Waals surface area contributed by atoms with E-state index in [1.807, 2.05) is 48.5 Å². The minimum Gasteiger partial charge on any atom is -0.364 e. The maximum atomic E-state index is 12.8. The van der Waals surface area contributed by atoms with E-state index in [1.54, 1.807) is 24.7 Å². The molecule has 0 radical (unpaired) electrons. The Morgan fingerprint density at radius 2 is 1.69 bits per heavy atom. The van der Waals surface area contributed by atoms with Gasteiger partial charge in [0.1, 0.15) is 11.6 Å². The molecule has 3 rings (SSSR count). The van der Waals surface area contributed by atoms with Gasteiger partial charge in [-0.3, -0.25) is 14.0 Å². The molecule has 0 amide bonds. The third-order valence-electron chi connectivity index (χ3n) is 4.18. The summed E-state index contributed by atoms with van der Waals surface area (Å²) in [6.45, 7) is 1.70. The topological polar surface area (TPSA) is 93.3 Å². The van der Waals surface area contributed by atoms with Gasteiger partial charge in [0, 0.05) is 7.05 Å². The van der Waals surface area contributed by atoms with Crippen molar-refractivity contribution in [3.05, 3.63) is 70.6 Å². The van der Waals surface area contributed by atoms with Gasteiger partial charge in [-0.15, -0.1) is 0 Å². The monoisotopic (exact) mass is 373 g/mol. The number of hydrogen-bond acceptors (Lipinski definition) is 4. The number of nitrogens with zero attached hydrogens (tertiary/aromatic N) is 2. The van der Waals surface area contributed by atoms with Crippen LogP contribution in [-0.4, -0.2) is 28.2 Å². The Labute approximate surface area is 151 Å². The number of rotatable bonds is 5. The van der Waals surface area contributed by atoms with Gasteiger partial charge < -0.3 is 5.32 Å². The molecule has 0 aliphatic carbocycles. The van der Waals surface area contributed by atoms with Gasteiger partial charge in [0.15, 0.2) is 0 Å². The van der Waals surface area contributed by atoms with E-state index in [0.29, 0.717) is 11.4 Å². The number of nitrogens with one attached hydrogen (secondary N) is 1. The number of hydrogen-bond donors (Lipinski definition) is 2. The molecule has 0 fully saturated rings. The molecule has 2 aromatic carbocycles. The van der Waals surface area contributed by atoms with E-state index in [-0.39, 0.29) is 11.2 Å². The maximum absolute atomic E-state index is 12.8. The fraction of sp³-hybridized carbons (Fsp3) is 0.167. The fourth-order valence-electron chi connectivity index (χ4n) is 2.81. The van der Waals surface area contributed by atoms with Crippen LogP contribution in [0.4, 0.5) is 5.69 Å². The van der Waals surface area contributed by atoms with Crippen molar-refractivity contribution >= 4 is 15.8 Å². The van der Waals surface area contributed by atoms with E-state index in [4.69, 9.17) is 4.55 Å². The average Bonchev–Trinajstić information content (AvgIpc) is 2.82. The molecule has 0 aliphatic heterocycles. The minimum absolute atomic E-state index is 0.134. The molecule has 0 bridgehead atoms. The molecule has 7 nitrogen and oxygen atoms in total. The first-order chi connectivity index (χ1) is 12.3. The summed E-state index contributed by atoms with van der Waals surface area (Å²) in [5.74, 6) is -0.725. The Balaban J connectivity index is 2.07. The highest BCUT2D eigenvalue weighted by Crippen LogP contribution is 2.22. The van der Waals surface area contributed by atoms with Crippen LogP contribution in [0.15, 0.2) is 59.4 Å². The highest BCUT2D eigenvalue weighted by Gasteiger charge is 2.17. The van der Waals surface area contributed by atoms with Crippen LogP contribution in [0, 0.1) is 6.92 Å². The molecule has 0 saturated heterocycles.